The van der Waals surface area contributed by atoms with Crippen LogP contribution in [0.2, 0.25) is 0 Å². The zero-order valence-corrected chi connectivity index (χ0v) is 12.7. The van der Waals surface area contributed by atoms with Crippen molar-refractivity contribution in [3.63, 3.8) is 0 Å². The van der Waals surface area contributed by atoms with Gasteiger partial charge in [-0.25, -0.2) is 0 Å². The summed E-state index contributed by atoms with van der Waals surface area (Å²) in [4.78, 5) is 0. The monoisotopic (exact) mass is 315 g/mol. The smallest absolute Gasteiger partial charge is 0.0766 e. The number of halogens is 1. The maximum atomic E-state index is 6.33. The van der Waals surface area contributed by atoms with Crippen molar-refractivity contribution in [3.05, 3.63) is 15.9 Å². The van der Waals surface area contributed by atoms with Gasteiger partial charge in [-0.15, -0.1) is 0 Å². The van der Waals surface area contributed by atoms with Crippen molar-refractivity contribution < 1.29 is 4.74 Å². The van der Waals surface area contributed by atoms with E-state index in [0.29, 0.717) is 5.92 Å². The van der Waals surface area contributed by atoms with Gasteiger partial charge in [-0.1, -0.05) is 6.92 Å². The second-order valence-corrected chi connectivity index (χ2v) is 5.82. The molecule has 2 unspecified atom stereocenters. The van der Waals surface area contributed by atoms with Gasteiger partial charge < -0.3 is 10.5 Å². The molecule has 0 aromatic carbocycles. The highest BCUT2D eigenvalue weighted by Gasteiger charge is 2.24. The Labute approximate surface area is 117 Å². The molecule has 0 aliphatic carbocycles. The third kappa shape index (κ3) is 2.95. The zero-order valence-electron chi connectivity index (χ0n) is 11.2. The number of nitrogens with zero attached hydrogens (tertiary/aromatic N) is 2. The second kappa shape index (κ2) is 6.17. The van der Waals surface area contributed by atoms with Crippen LogP contribution < -0.4 is 5.73 Å². The molecule has 18 heavy (non-hydrogen) atoms. The topological polar surface area (TPSA) is 53.1 Å². The minimum atomic E-state index is 0.154. The van der Waals surface area contributed by atoms with E-state index in [1.54, 1.807) is 0 Å². The SMILES string of the molecule is CCc1nn(C)c(CC(N)C2CCCOC2)c1Br. The highest BCUT2D eigenvalue weighted by atomic mass is 79.9. The summed E-state index contributed by atoms with van der Waals surface area (Å²) in [5.74, 6) is 0.477. The Kier molecular flexibility index (Phi) is 4.81. The van der Waals surface area contributed by atoms with E-state index in [1.165, 1.54) is 12.1 Å². The molecule has 2 rings (SSSR count). The van der Waals surface area contributed by atoms with E-state index < -0.39 is 0 Å². The highest BCUT2D eigenvalue weighted by molar-refractivity contribution is 9.10. The maximum Gasteiger partial charge on any atom is 0.0766 e. The quantitative estimate of drug-likeness (QED) is 0.925. The number of ether oxygens (including phenoxy) is 1. The summed E-state index contributed by atoms with van der Waals surface area (Å²) in [6.07, 6.45) is 4.11. The Hall–Kier alpha value is -0.390. The van der Waals surface area contributed by atoms with Crippen LogP contribution >= 0.6 is 15.9 Å². The third-order valence-electron chi connectivity index (χ3n) is 3.73. The number of aryl methyl sites for hydroxylation is 2. The van der Waals surface area contributed by atoms with Crippen molar-refractivity contribution in [2.45, 2.75) is 38.6 Å². The predicted octanol–water partition coefficient (Wildman–Crippen LogP) is 2.04. The van der Waals surface area contributed by atoms with E-state index in [0.717, 1.165) is 42.6 Å². The lowest BCUT2D eigenvalue weighted by atomic mass is 9.91. The fourth-order valence-electron chi connectivity index (χ4n) is 2.53. The van der Waals surface area contributed by atoms with E-state index in [9.17, 15) is 0 Å². The van der Waals surface area contributed by atoms with E-state index >= 15 is 0 Å². The first-order chi connectivity index (χ1) is 8.63. The van der Waals surface area contributed by atoms with Crippen molar-refractivity contribution in [1.29, 1.82) is 0 Å². The molecule has 4 nitrogen and oxygen atoms in total. The molecule has 2 N–H and O–H groups in total. The molecule has 1 aliphatic rings. The molecule has 1 aromatic heterocycles. The average molecular weight is 316 g/mol. The van der Waals surface area contributed by atoms with Crippen molar-refractivity contribution >= 4 is 15.9 Å². The molecule has 1 saturated heterocycles. The molecule has 0 spiro atoms. The Morgan fingerprint density at radius 1 is 1.61 bits per heavy atom. The average Bonchev–Trinajstić information content (AvgIpc) is 2.67. The summed E-state index contributed by atoms with van der Waals surface area (Å²) in [6.45, 7) is 3.81. The van der Waals surface area contributed by atoms with Crippen molar-refractivity contribution in [2.75, 3.05) is 13.2 Å². The number of nitrogens with two attached hydrogens (primary N) is 1. The molecule has 0 radical (unpaired) electrons. The van der Waals surface area contributed by atoms with Gasteiger partial charge in [0.25, 0.3) is 0 Å². The number of hydrogen-bond acceptors (Lipinski definition) is 3. The maximum absolute atomic E-state index is 6.33. The zero-order chi connectivity index (χ0) is 13.1. The minimum Gasteiger partial charge on any atom is -0.381 e. The van der Waals surface area contributed by atoms with Crippen molar-refractivity contribution in [3.8, 4) is 0 Å². The van der Waals surface area contributed by atoms with Crippen LogP contribution in [0.15, 0.2) is 4.47 Å². The standard InChI is InChI=1S/C13H22BrN3O/c1-3-11-13(14)12(17(2)16-11)7-10(15)9-5-4-6-18-8-9/h9-10H,3-8,15H2,1-2H3. The van der Waals surface area contributed by atoms with Gasteiger partial charge in [0.1, 0.15) is 0 Å². The van der Waals surface area contributed by atoms with Crippen LogP contribution in [0, 0.1) is 5.92 Å². The summed E-state index contributed by atoms with van der Waals surface area (Å²) < 4.78 is 8.59. The second-order valence-electron chi connectivity index (χ2n) is 5.03. The van der Waals surface area contributed by atoms with E-state index in [-0.39, 0.29) is 6.04 Å². The van der Waals surface area contributed by atoms with Crippen LogP contribution in [0.1, 0.15) is 31.2 Å². The van der Waals surface area contributed by atoms with Gasteiger partial charge in [-0.2, -0.15) is 5.10 Å². The van der Waals surface area contributed by atoms with Gasteiger partial charge in [-0.3, -0.25) is 4.68 Å². The lowest BCUT2D eigenvalue weighted by Gasteiger charge is -2.27. The fourth-order valence-corrected chi connectivity index (χ4v) is 3.31. The molecule has 0 bridgehead atoms. The van der Waals surface area contributed by atoms with Gasteiger partial charge in [0.2, 0.25) is 0 Å². The third-order valence-corrected chi connectivity index (χ3v) is 4.65. The predicted molar refractivity (Wildman–Crippen MR) is 75.5 cm³/mol. The summed E-state index contributed by atoms with van der Waals surface area (Å²) >= 11 is 3.64. The molecule has 1 aliphatic heterocycles. The van der Waals surface area contributed by atoms with Crippen LogP contribution in [0.5, 0.6) is 0 Å². The molecule has 0 amide bonds. The van der Waals surface area contributed by atoms with Crippen LogP contribution in [-0.2, 0) is 24.6 Å². The summed E-state index contributed by atoms with van der Waals surface area (Å²) in [6, 6.07) is 0.154. The first kappa shape index (κ1) is 14.0. The summed E-state index contributed by atoms with van der Waals surface area (Å²) in [7, 11) is 1.99. The fraction of sp³-hybridized carbons (Fsp3) is 0.769. The molecule has 1 fully saturated rings. The molecule has 2 heterocycles. The summed E-state index contributed by atoms with van der Waals surface area (Å²) in [5, 5.41) is 4.51. The normalized spacial score (nSPS) is 22.1. The van der Waals surface area contributed by atoms with Crippen LogP contribution in [-0.4, -0.2) is 29.0 Å². The van der Waals surface area contributed by atoms with Gasteiger partial charge in [0.15, 0.2) is 0 Å². The lowest BCUT2D eigenvalue weighted by Crippen LogP contribution is -2.37. The minimum absolute atomic E-state index is 0.154. The molecule has 0 saturated carbocycles. The van der Waals surface area contributed by atoms with Crippen molar-refractivity contribution in [2.24, 2.45) is 18.7 Å². The molecule has 2 atom stereocenters. The molecule has 102 valence electrons. The largest absolute Gasteiger partial charge is 0.381 e. The molecule has 5 heteroatoms. The molecular weight excluding hydrogens is 294 g/mol. The lowest BCUT2D eigenvalue weighted by molar-refractivity contribution is 0.0447. The number of hydrogen-bond donors (Lipinski definition) is 1. The Morgan fingerprint density at radius 3 is 2.94 bits per heavy atom. The number of rotatable bonds is 4. The first-order valence-corrected chi connectivity index (χ1v) is 7.46. The Balaban J connectivity index is 2.06. The van der Waals surface area contributed by atoms with Crippen LogP contribution in [0.25, 0.3) is 0 Å². The molecular formula is C13H22BrN3O. The Morgan fingerprint density at radius 2 is 2.39 bits per heavy atom. The van der Waals surface area contributed by atoms with Gasteiger partial charge in [-0.05, 0) is 41.1 Å². The summed E-state index contributed by atoms with van der Waals surface area (Å²) in [5.41, 5.74) is 8.64. The van der Waals surface area contributed by atoms with Gasteiger partial charge in [0, 0.05) is 26.1 Å². The number of aromatic nitrogens is 2. The Bertz CT molecular complexity index is 399. The van der Waals surface area contributed by atoms with Gasteiger partial charge in [0.05, 0.1) is 22.5 Å². The van der Waals surface area contributed by atoms with E-state index in [2.05, 4.69) is 28.0 Å². The van der Waals surface area contributed by atoms with Gasteiger partial charge >= 0.3 is 0 Å². The van der Waals surface area contributed by atoms with Crippen LogP contribution in [0.3, 0.4) is 0 Å². The van der Waals surface area contributed by atoms with Crippen molar-refractivity contribution in [1.82, 2.24) is 9.78 Å². The van der Waals surface area contributed by atoms with E-state index in [1.807, 2.05) is 11.7 Å². The van der Waals surface area contributed by atoms with Crippen LogP contribution in [0.4, 0.5) is 0 Å². The molecule has 1 aromatic rings. The van der Waals surface area contributed by atoms with E-state index in [4.69, 9.17) is 10.5 Å². The first-order valence-electron chi connectivity index (χ1n) is 6.67. The highest BCUT2D eigenvalue weighted by Crippen LogP contribution is 2.25.